The maximum absolute atomic E-state index is 14.0. The zero-order valence-corrected chi connectivity index (χ0v) is 14.3. The lowest BCUT2D eigenvalue weighted by atomic mass is 9.84. The average Bonchev–Trinajstić information content (AvgIpc) is 2.86. The van der Waals surface area contributed by atoms with Crippen LogP contribution in [0, 0.1) is 23.4 Å². The second-order valence-corrected chi connectivity index (χ2v) is 7.32. The first-order valence-corrected chi connectivity index (χ1v) is 9.01. The van der Waals surface area contributed by atoms with E-state index >= 15 is 0 Å². The molecule has 2 fully saturated rings. The van der Waals surface area contributed by atoms with Gasteiger partial charge in [-0.3, -0.25) is 9.69 Å². The first kappa shape index (κ1) is 17.3. The number of carbonyl (C=O) groups excluding carboxylic acids is 1. The monoisotopic (exact) mass is 359 g/mol. The molecule has 0 saturated carbocycles. The molecule has 2 aliphatic heterocycles. The van der Waals surface area contributed by atoms with Gasteiger partial charge in [0, 0.05) is 30.6 Å². The fourth-order valence-corrected chi connectivity index (χ4v) is 4.50. The summed E-state index contributed by atoms with van der Waals surface area (Å²) >= 11 is 0. The van der Waals surface area contributed by atoms with E-state index in [1.165, 1.54) is 5.56 Å². The van der Waals surface area contributed by atoms with Gasteiger partial charge in [0.1, 0.15) is 5.82 Å². The first-order valence-electron chi connectivity index (χ1n) is 9.01. The zero-order chi connectivity index (χ0) is 18.3. The fourth-order valence-electron chi connectivity index (χ4n) is 4.50. The SMILES string of the molecule is O=C(c1cc(F)cc(F)c1F)C1CC2CCC(C1)N2Cc1ccccc1. The zero-order valence-electron chi connectivity index (χ0n) is 14.3. The van der Waals surface area contributed by atoms with Crippen LogP contribution in [0.15, 0.2) is 42.5 Å². The third-order valence-corrected chi connectivity index (χ3v) is 5.72. The summed E-state index contributed by atoms with van der Waals surface area (Å²) in [5.74, 6) is -4.32. The van der Waals surface area contributed by atoms with Crippen LogP contribution in [0.1, 0.15) is 41.6 Å². The third kappa shape index (κ3) is 3.16. The van der Waals surface area contributed by atoms with Crippen LogP contribution in [0.4, 0.5) is 13.2 Å². The van der Waals surface area contributed by atoms with Gasteiger partial charge in [0.05, 0.1) is 5.56 Å². The highest BCUT2D eigenvalue weighted by Gasteiger charge is 2.43. The van der Waals surface area contributed by atoms with Crippen LogP contribution >= 0.6 is 0 Å². The minimum absolute atomic E-state index is 0.254. The van der Waals surface area contributed by atoms with Crippen molar-refractivity contribution >= 4 is 5.78 Å². The number of fused-ring (bicyclic) bond motifs is 2. The number of carbonyl (C=O) groups is 1. The van der Waals surface area contributed by atoms with Crippen LogP contribution < -0.4 is 0 Å². The van der Waals surface area contributed by atoms with Crippen LogP contribution in [0.5, 0.6) is 0 Å². The van der Waals surface area contributed by atoms with Crippen LogP contribution in [-0.4, -0.2) is 22.8 Å². The summed E-state index contributed by atoms with van der Waals surface area (Å²) in [6, 6.07) is 12.0. The molecule has 0 radical (unpaired) electrons. The molecule has 2 aromatic carbocycles. The number of Topliss-reactive ketones (excluding diaryl/α,β-unsaturated/α-hetero) is 1. The van der Waals surface area contributed by atoms with Gasteiger partial charge in [-0.1, -0.05) is 30.3 Å². The van der Waals surface area contributed by atoms with Crippen molar-refractivity contribution in [3.8, 4) is 0 Å². The molecule has 136 valence electrons. The van der Waals surface area contributed by atoms with Crippen LogP contribution in [0.3, 0.4) is 0 Å². The molecule has 2 unspecified atom stereocenters. The van der Waals surface area contributed by atoms with E-state index in [9.17, 15) is 18.0 Å². The number of hydrogen-bond acceptors (Lipinski definition) is 2. The predicted octanol–water partition coefficient (Wildman–Crippen LogP) is 4.73. The van der Waals surface area contributed by atoms with Crippen molar-refractivity contribution in [3.63, 3.8) is 0 Å². The molecule has 26 heavy (non-hydrogen) atoms. The smallest absolute Gasteiger partial charge is 0.169 e. The summed E-state index contributed by atoms with van der Waals surface area (Å²) in [7, 11) is 0. The third-order valence-electron chi connectivity index (χ3n) is 5.72. The Morgan fingerprint density at radius 2 is 1.65 bits per heavy atom. The minimum Gasteiger partial charge on any atom is -0.294 e. The van der Waals surface area contributed by atoms with Crippen molar-refractivity contribution in [1.82, 2.24) is 4.90 Å². The molecule has 2 saturated heterocycles. The van der Waals surface area contributed by atoms with E-state index in [-0.39, 0.29) is 18.0 Å². The number of nitrogens with zero attached hydrogens (tertiary/aromatic N) is 1. The molecular weight excluding hydrogens is 339 g/mol. The molecule has 2 aliphatic rings. The predicted molar refractivity (Wildman–Crippen MR) is 92.2 cm³/mol. The Morgan fingerprint density at radius 1 is 1.00 bits per heavy atom. The van der Waals surface area contributed by atoms with Gasteiger partial charge in [-0.25, -0.2) is 13.2 Å². The second kappa shape index (κ2) is 6.88. The van der Waals surface area contributed by atoms with Gasteiger partial charge in [0.2, 0.25) is 0 Å². The van der Waals surface area contributed by atoms with Gasteiger partial charge in [-0.15, -0.1) is 0 Å². The summed E-state index contributed by atoms with van der Waals surface area (Å²) < 4.78 is 40.9. The van der Waals surface area contributed by atoms with Crippen molar-refractivity contribution in [2.45, 2.75) is 44.3 Å². The van der Waals surface area contributed by atoms with E-state index in [0.717, 1.165) is 25.5 Å². The summed E-state index contributed by atoms with van der Waals surface area (Å²) in [6.07, 6.45) is 3.22. The van der Waals surface area contributed by atoms with Crippen molar-refractivity contribution in [3.05, 3.63) is 71.0 Å². The number of hydrogen-bond donors (Lipinski definition) is 0. The number of halogens is 3. The van der Waals surface area contributed by atoms with Gasteiger partial charge >= 0.3 is 0 Å². The molecule has 0 aromatic heterocycles. The topological polar surface area (TPSA) is 20.3 Å². The Bertz CT molecular complexity index is 810. The molecule has 0 N–H and O–H groups in total. The van der Waals surface area contributed by atoms with Gasteiger partial charge in [0.25, 0.3) is 0 Å². The Labute approximate surface area is 150 Å². The van der Waals surface area contributed by atoms with Crippen molar-refractivity contribution in [1.29, 1.82) is 0 Å². The Morgan fingerprint density at radius 3 is 2.31 bits per heavy atom. The Hall–Kier alpha value is -2.14. The molecule has 2 bridgehead atoms. The van der Waals surface area contributed by atoms with E-state index in [0.29, 0.717) is 18.9 Å². The summed E-state index contributed by atoms with van der Waals surface area (Å²) in [5, 5.41) is 0. The van der Waals surface area contributed by atoms with Gasteiger partial charge in [0.15, 0.2) is 17.4 Å². The molecular formula is C21H20F3NO. The number of rotatable bonds is 4. The maximum atomic E-state index is 14.0. The average molecular weight is 359 g/mol. The lowest BCUT2D eigenvalue weighted by Gasteiger charge is -2.38. The normalized spacial score (nSPS) is 25.4. The molecule has 2 atom stereocenters. The first-order chi connectivity index (χ1) is 12.5. The van der Waals surface area contributed by atoms with Crippen molar-refractivity contribution in [2.24, 2.45) is 5.92 Å². The molecule has 2 heterocycles. The number of piperidine rings is 1. The molecule has 5 heteroatoms. The number of benzene rings is 2. The molecule has 0 spiro atoms. The quantitative estimate of drug-likeness (QED) is 0.581. The van der Waals surface area contributed by atoms with Crippen molar-refractivity contribution in [2.75, 3.05) is 0 Å². The summed E-state index contributed by atoms with van der Waals surface area (Å²) in [5.41, 5.74) is 0.774. The van der Waals surface area contributed by atoms with Crippen molar-refractivity contribution < 1.29 is 18.0 Å². The Kier molecular flexibility index (Phi) is 4.57. The highest BCUT2D eigenvalue weighted by atomic mass is 19.2. The molecule has 4 rings (SSSR count). The van der Waals surface area contributed by atoms with Gasteiger partial charge < -0.3 is 0 Å². The Balaban J connectivity index is 1.51. The largest absolute Gasteiger partial charge is 0.294 e. The highest BCUT2D eigenvalue weighted by Crippen LogP contribution is 2.41. The summed E-state index contributed by atoms with van der Waals surface area (Å²) in [6.45, 7) is 0.833. The second-order valence-electron chi connectivity index (χ2n) is 7.32. The van der Waals surface area contributed by atoms with E-state index < -0.39 is 28.8 Å². The van der Waals surface area contributed by atoms with Crippen LogP contribution in [0.25, 0.3) is 0 Å². The lowest BCUT2D eigenvalue weighted by Crippen LogP contribution is -2.44. The van der Waals surface area contributed by atoms with E-state index in [4.69, 9.17) is 0 Å². The van der Waals surface area contributed by atoms with Crippen LogP contribution in [0.2, 0.25) is 0 Å². The molecule has 2 nitrogen and oxygen atoms in total. The van der Waals surface area contributed by atoms with Gasteiger partial charge in [-0.05, 0) is 37.3 Å². The fraction of sp³-hybridized carbons (Fsp3) is 0.381. The molecule has 0 amide bonds. The number of ketones is 1. The van der Waals surface area contributed by atoms with E-state index in [1.54, 1.807) is 0 Å². The van der Waals surface area contributed by atoms with E-state index in [2.05, 4.69) is 17.0 Å². The van der Waals surface area contributed by atoms with E-state index in [1.807, 2.05) is 18.2 Å². The highest BCUT2D eigenvalue weighted by molar-refractivity contribution is 5.98. The van der Waals surface area contributed by atoms with Crippen LogP contribution in [-0.2, 0) is 6.54 Å². The molecule has 2 aromatic rings. The standard InChI is InChI=1S/C21H20F3NO/c22-15-10-18(20(24)19(23)11-15)21(26)14-8-16-6-7-17(9-14)25(16)12-13-4-2-1-3-5-13/h1-5,10-11,14,16-17H,6-9,12H2. The minimum atomic E-state index is -1.31. The molecule has 0 aliphatic carbocycles. The van der Waals surface area contributed by atoms with Gasteiger partial charge in [-0.2, -0.15) is 0 Å². The lowest BCUT2D eigenvalue weighted by molar-refractivity contribution is 0.0673. The summed E-state index contributed by atoms with van der Waals surface area (Å²) in [4.78, 5) is 15.1. The maximum Gasteiger partial charge on any atom is 0.169 e.